The van der Waals surface area contributed by atoms with Gasteiger partial charge in [-0.1, -0.05) is 0 Å². The zero-order chi connectivity index (χ0) is 18.9. The van der Waals surface area contributed by atoms with E-state index in [0.29, 0.717) is 32.5 Å². The highest BCUT2D eigenvalue weighted by molar-refractivity contribution is 7.89. The van der Waals surface area contributed by atoms with Crippen LogP contribution in [0, 0.1) is 0 Å². The second kappa shape index (κ2) is 7.34. The fraction of sp³-hybridized carbons (Fsp3) is 0.625. The van der Waals surface area contributed by atoms with Crippen LogP contribution in [-0.4, -0.2) is 67.4 Å². The summed E-state index contributed by atoms with van der Waals surface area (Å²) >= 11 is 0. The van der Waals surface area contributed by atoms with E-state index in [-0.39, 0.29) is 17.0 Å². The minimum atomic E-state index is -4.81. The van der Waals surface area contributed by atoms with Gasteiger partial charge in [0.05, 0.1) is 11.0 Å². The van der Waals surface area contributed by atoms with Gasteiger partial charge >= 0.3 is 6.36 Å². The second-order valence-electron chi connectivity index (χ2n) is 6.59. The highest BCUT2D eigenvalue weighted by Gasteiger charge is 2.34. The van der Waals surface area contributed by atoms with Crippen molar-refractivity contribution < 1.29 is 31.4 Å². The quantitative estimate of drug-likeness (QED) is 0.844. The number of benzene rings is 1. The number of hydrogen-bond acceptors (Lipinski definition) is 5. The van der Waals surface area contributed by atoms with Crippen molar-refractivity contribution in [2.75, 3.05) is 26.2 Å². The van der Waals surface area contributed by atoms with Crippen LogP contribution in [0.25, 0.3) is 0 Å². The molecule has 1 aromatic carbocycles. The van der Waals surface area contributed by atoms with Gasteiger partial charge in [0.1, 0.15) is 5.75 Å². The molecular weight excluding hydrogens is 373 g/mol. The smallest absolute Gasteiger partial charge is 0.406 e. The van der Waals surface area contributed by atoms with E-state index in [1.165, 1.54) is 4.31 Å². The van der Waals surface area contributed by atoms with Crippen molar-refractivity contribution >= 4 is 10.0 Å². The highest BCUT2D eigenvalue weighted by atomic mass is 32.2. The molecule has 3 rings (SSSR count). The summed E-state index contributed by atoms with van der Waals surface area (Å²) < 4.78 is 67.0. The Hall–Kier alpha value is -1.36. The number of aliphatic hydroxyl groups is 1. The number of aliphatic hydroxyl groups excluding tert-OH is 1. The summed E-state index contributed by atoms with van der Waals surface area (Å²) in [7, 11) is -3.75. The number of piperidine rings is 1. The Kier molecular flexibility index (Phi) is 5.48. The Morgan fingerprint density at radius 3 is 2.15 bits per heavy atom. The van der Waals surface area contributed by atoms with Crippen molar-refractivity contribution in [1.29, 1.82) is 0 Å². The van der Waals surface area contributed by atoms with Gasteiger partial charge in [-0.3, -0.25) is 4.90 Å². The fourth-order valence-corrected chi connectivity index (χ4v) is 4.98. The van der Waals surface area contributed by atoms with Gasteiger partial charge in [0.25, 0.3) is 0 Å². The molecule has 10 heteroatoms. The predicted octanol–water partition coefficient (Wildman–Crippen LogP) is 1.80. The maximum absolute atomic E-state index is 12.7. The lowest BCUT2D eigenvalue weighted by Crippen LogP contribution is -2.46. The largest absolute Gasteiger partial charge is 0.573 e. The van der Waals surface area contributed by atoms with Crippen LogP contribution in [-0.2, 0) is 10.0 Å². The van der Waals surface area contributed by atoms with Gasteiger partial charge < -0.3 is 9.84 Å². The van der Waals surface area contributed by atoms with Crippen LogP contribution in [0.2, 0.25) is 0 Å². The number of β-amino-alcohol motifs (C(OH)–C–C–N with tert-alkyl or cyclic N) is 1. The first-order chi connectivity index (χ1) is 12.1. The van der Waals surface area contributed by atoms with Crippen LogP contribution < -0.4 is 4.74 Å². The summed E-state index contributed by atoms with van der Waals surface area (Å²) in [5, 5.41) is 9.62. The summed E-state index contributed by atoms with van der Waals surface area (Å²) in [6.45, 7) is 2.14. The van der Waals surface area contributed by atoms with Gasteiger partial charge in [-0.2, -0.15) is 4.31 Å². The average molecular weight is 394 g/mol. The molecule has 26 heavy (non-hydrogen) atoms. The van der Waals surface area contributed by atoms with Crippen LogP contribution >= 0.6 is 0 Å². The maximum Gasteiger partial charge on any atom is 0.573 e. The Morgan fingerprint density at radius 2 is 1.65 bits per heavy atom. The molecule has 0 unspecified atom stereocenters. The van der Waals surface area contributed by atoms with E-state index in [9.17, 15) is 26.7 Å². The summed E-state index contributed by atoms with van der Waals surface area (Å²) in [6.07, 6.45) is -3.05. The van der Waals surface area contributed by atoms with Crippen molar-refractivity contribution in [3.8, 4) is 5.75 Å². The van der Waals surface area contributed by atoms with Gasteiger partial charge in [-0.05, 0) is 43.5 Å². The van der Waals surface area contributed by atoms with E-state index in [1.807, 2.05) is 0 Å². The zero-order valence-electron chi connectivity index (χ0n) is 14.0. The Bertz CT molecular complexity index is 716. The molecule has 1 atom stereocenters. The average Bonchev–Trinajstić information content (AvgIpc) is 3.00. The highest BCUT2D eigenvalue weighted by Crippen LogP contribution is 2.28. The van der Waals surface area contributed by atoms with E-state index >= 15 is 0 Å². The first-order valence-corrected chi connectivity index (χ1v) is 9.87. The van der Waals surface area contributed by atoms with Crippen LogP contribution in [0.5, 0.6) is 5.75 Å². The molecule has 0 spiro atoms. The van der Waals surface area contributed by atoms with Crippen molar-refractivity contribution in [3.63, 3.8) is 0 Å². The van der Waals surface area contributed by atoms with Gasteiger partial charge in [-0.15, -0.1) is 13.2 Å². The van der Waals surface area contributed by atoms with Crippen LogP contribution in [0.3, 0.4) is 0 Å². The second-order valence-corrected chi connectivity index (χ2v) is 8.53. The topological polar surface area (TPSA) is 70.1 Å². The molecule has 0 aliphatic carbocycles. The molecular formula is C16H21F3N2O4S. The number of alkyl halides is 3. The summed E-state index contributed by atoms with van der Waals surface area (Å²) in [6, 6.07) is 4.50. The van der Waals surface area contributed by atoms with Crippen molar-refractivity contribution in [2.24, 2.45) is 0 Å². The van der Waals surface area contributed by atoms with Crippen LogP contribution in [0.15, 0.2) is 29.2 Å². The molecule has 0 bridgehead atoms. The number of halogens is 3. The minimum Gasteiger partial charge on any atom is -0.406 e. The fourth-order valence-electron chi connectivity index (χ4n) is 3.51. The summed E-state index contributed by atoms with van der Waals surface area (Å²) in [4.78, 5) is 2.14. The van der Waals surface area contributed by atoms with Crippen LogP contribution in [0.4, 0.5) is 13.2 Å². The normalized spacial score (nSPS) is 24.1. The van der Waals surface area contributed by atoms with Gasteiger partial charge in [0.15, 0.2) is 0 Å². The third kappa shape index (κ3) is 4.48. The first-order valence-electron chi connectivity index (χ1n) is 8.43. The SMILES string of the molecule is O=S(=O)(c1ccc(OC(F)(F)F)cc1)N1CCC(N2CC[C@H](O)C2)CC1. The summed E-state index contributed by atoms with van der Waals surface area (Å²) in [5.41, 5.74) is 0. The molecule has 6 nitrogen and oxygen atoms in total. The molecule has 2 saturated heterocycles. The molecule has 1 N–H and O–H groups in total. The van der Waals surface area contributed by atoms with Gasteiger partial charge in [0.2, 0.25) is 10.0 Å². The molecule has 0 amide bonds. The van der Waals surface area contributed by atoms with E-state index in [1.54, 1.807) is 0 Å². The molecule has 0 saturated carbocycles. The third-order valence-electron chi connectivity index (χ3n) is 4.83. The monoisotopic (exact) mass is 394 g/mol. The van der Waals surface area contributed by atoms with Crippen molar-refractivity contribution in [3.05, 3.63) is 24.3 Å². The lowest BCUT2D eigenvalue weighted by Gasteiger charge is -2.36. The standard InChI is InChI=1S/C16H21F3N2O4S/c17-16(18,19)25-14-1-3-15(4-2-14)26(23,24)21-9-5-12(6-10-21)20-8-7-13(22)11-20/h1-4,12-13,22H,5-11H2/t13-/m0/s1. The predicted molar refractivity (Wildman–Crippen MR) is 87.1 cm³/mol. The molecule has 146 valence electrons. The van der Waals surface area contributed by atoms with Gasteiger partial charge in [0, 0.05) is 32.2 Å². The van der Waals surface area contributed by atoms with Crippen molar-refractivity contribution in [2.45, 2.75) is 42.7 Å². The lowest BCUT2D eigenvalue weighted by molar-refractivity contribution is -0.274. The number of sulfonamides is 1. The molecule has 2 fully saturated rings. The zero-order valence-corrected chi connectivity index (χ0v) is 14.8. The summed E-state index contributed by atoms with van der Waals surface area (Å²) in [5.74, 6) is -0.456. The maximum atomic E-state index is 12.7. The van der Waals surface area contributed by atoms with Crippen LogP contribution in [0.1, 0.15) is 19.3 Å². The Labute approximate surface area is 150 Å². The number of likely N-dealkylation sites (tertiary alicyclic amines) is 1. The Morgan fingerprint density at radius 1 is 1.04 bits per heavy atom. The van der Waals surface area contributed by atoms with E-state index in [4.69, 9.17) is 0 Å². The number of hydrogen-bond donors (Lipinski definition) is 1. The number of ether oxygens (including phenoxy) is 1. The number of nitrogens with zero attached hydrogens (tertiary/aromatic N) is 2. The third-order valence-corrected chi connectivity index (χ3v) is 6.74. The van der Waals surface area contributed by atoms with Crippen molar-refractivity contribution in [1.82, 2.24) is 9.21 Å². The van der Waals surface area contributed by atoms with E-state index < -0.39 is 22.1 Å². The molecule has 2 aliphatic heterocycles. The Balaban J connectivity index is 1.62. The van der Waals surface area contributed by atoms with E-state index in [2.05, 4.69) is 9.64 Å². The molecule has 2 aliphatic rings. The number of rotatable bonds is 4. The first kappa shape index (κ1) is 19.4. The lowest BCUT2D eigenvalue weighted by atomic mass is 10.1. The molecule has 0 aromatic heterocycles. The minimum absolute atomic E-state index is 0.0536. The van der Waals surface area contributed by atoms with Gasteiger partial charge in [-0.25, -0.2) is 8.42 Å². The molecule has 0 radical (unpaired) electrons. The molecule has 2 heterocycles. The molecule has 1 aromatic rings. The van der Waals surface area contributed by atoms with E-state index in [0.717, 1.165) is 37.2 Å².